The molecule has 0 bridgehead atoms. The largest absolute Gasteiger partial charge is 0.506 e. The van der Waals surface area contributed by atoms with Gasteiger partial charge in [0.2, 0.25) is 0 Å². The lowest BCUT2D eigenvalue weighted by Gasteiger charge is -2.13. The Morgan fingerprint density at radius 1 is 1.39 bits per heavy atom. The molecule has 7 heteroatoms. The average Bonchev–Trinajstić information content (AvgIpc) is 2.21. The molecule has 1 aromatic rings. The predicted molar refractivity (Wildman–Crippen MR) is 67.3 cm³/mol. The minimum Gasteiger partial charge on any atom is -0.506 e. The molecule has 5 nitrogen and oxygen atoms in total. The molecule has 0 aromatic heterocycles. The second kappa shape index (κ2) is 5.93. The summed E-state index contributed by atoms with van der Waals surface area (Å²) < 4.78 is 0. The van der Waals surface area contributed by atoms with Crippen molar-refractivity contribution >= 4 is 35.1 Å². The number of carbonyl (C=O) groups excluding carboxylic acids is 1. The van der Waals surface area contributed by atoms with Crippen LogP contribution in [0.1, 0.15) is 23.7 Å². The van der Waals surface area contributed by atoms with Crippen molar-refractivity contribution in [3.05, 3.63) is 27.7 Å². The van der Waals surface area contributed by atoms with Gasteiger partial charge in [-0.2, -0.15) is 0 Å². The molecule has 1 amide bonds. The van der Waals surface area contributed by atoms with Gasteiger partial charge in [-0.3, -0.25) is 9.59 Å². The number of aliphatic carboxylic acids is 1. The number of phenols is 1. The third-order valence-electron chi connectivity index (χ3n) is 2.13. The molecule has 3 N–H and O–H groups in total. The van der Waals surface area contributed by atoms with E-state index >= 15 is 0 Å². The molecule has 0 saturated heterocycles. The SMILES string of the molecule is CC(CC(=O)O)NC(=O)c1cc(Cl)cc(Cl)c1O. The van der Waals surface area contributed by atoms with Crippen LogP contribution in [0.3, 0.4) is 0 Å². The zero-order valence-electron chi connectivity index (χ0n) is 9.41. The van der Waals surface area contributed by atoms with Gasteiger partial charge in [0.05, 0.1) is 17.0 Å². The second-order valence-electron chi connectivity index (χ2n) is 3.76. The number of hydrogen-bond donors (Lipinski definition) is 3. The molecular formula is C11H11Cl2NO4. The molecule has 18 heavy (non-hydrogen) atoms. The lowest BCUT2D eigenvalue weighted by Crippen LogP contribution is -2.34. The Morgan fingerprint density at radius 2 is 2.00 bits per heavy atom. The Morgan fingerprint density at radius 3 is 2.56 bits per heavy atom. The monoisotopic (exact) mass is 291 g/mol. The zero-order chi connectivity index (χ0) is 13.9. The van der Waals surface area contributed by atoms with E-state index in [1.165, 1.54) is 19.1 Å². The van der Waals surface area contributed by atoms with Crippen LogP contribution in [-0.2, 0) is 4.79 Å². The number of nitrogens with one attached hydrogen (secondary N) is 1. The van der Waals surface area contributed by atoms with Gasteiger partial charge in [-0.15, -0.1) is 0 Å². The summed E-state index contributed by atoms with van der Waals surface area (Å²) >= 11 is 11.4. The van der Waals surface area contributed by atoms with Crippen molar-refractivity contribution in [3.63, 3.8) is 0 Å². The molecule has 0 radical (unpaired) electrons. The van der Waals surface area contributed by atoms with Crippen molar-refractivity contribution in [2.45, 2.75) is 19.4 Å². The summed E-state index contributed by atoms with van der Waals surface area (Å²) in [5.74, 6) is -2.05. The molecule has 0 aliphatic carbocycles. The molecule has 0 saturated carbocycles. The molecule has 0 spiro atoms. The second-order valence-corrected chi connectivity index (χ2v) is 4.60. The normalized spacial score (nSPS) is 11.9. The van der Waals surface area contributed by atoms with E-state index in [0.717, 1.165) is 0 Å². The highest BCUT2D eigenvalue weighted by Gasteiger charge is 2.18. The number of carbonyl (C=O) groups is 2. The number of carboxylic acids is 1. The van der Waals surface area contributed by atoms with Crippen LogP contribution in [0.25, 0.3) is 0 Å². The average molecular weight is 292 g/mol. The Hall–Kier alpha value is -1.46. The van der Waals surface area contributed by atoms with Crippen LogP contribution in [-0.4, -0.2) is 28.1 Å². The first-order valence-electron chi connectivity index (χ1n) is 5.02. The zero-order valence-corrected chi connectivity index (χ0v) is 10.9. The van der Waals surface area contributed by atoms with Gasteiger partial charge in [0.1, 0.15) is 5.75 Å². The lowest BCUT2D eigenvalue weighted by molar-refractivity contribution is -0.137. The van der Waals surface area contributed by atoms with E-state index < -0.39 is 17.9 Å². The van der Waals surface area contributed by atoms with Crippen molar-refractivity contribution in [3.8, 4) is 5.75 Å². The Bertz CT molecular complexity index is 490. The van der Waals surface area contributed by atoms with Crippen LogP contribution < -0.4 is 5.32 Å². The van der Waals surface area contributed by atoms with Gasteiger partial charge in [0.25, 0.3) is 5.91 Å². The quantitative estimate of drug-likeness (QED) is 0.794. The van der Waals surface area contributed by atoms with E-state index in [1.54, 1.807) is 0 Å². The summed E-state index contributed by atoms with van der Waals surface area (Å²) in [6.45, 7) is 1.54. The van der Waals surface area contributed by atoms with Crippen molar-refractivity contribution in [2.75, 3.05) is 0 Å². The fourth-order valence-electron chi connectivity index (χ4n) is 1.35. The summed E-state index contributed by atoms with van der Waals surface area (Å²) in [6, 6.07) is 1.98. The van der Waals surface area contributed by atoms with Gasteiger partial charge in [-0.05, 0) is 19.1 Å². The van der Waals surface area contributed by atoms with Crippen LogP contribution >= 0.6 is 23.2 Å². The van der Waals surface area contributed by atoms with Crippen molar-refractivity contribution in [1.82, 2.24) is 5.32 Å². The fourth-order valence-corrected chi connectivity index (χ4v) is 1.85. The number of amides is 1. The molecule has 1 aromatic carbocycles. The molecule has 1 unspecified atom stereocenters. The molecule has 0 aliphatic heterocycles. The van der Waals surface area contributed by atoms with E-state index in [0.29, 0.717) is 0 Å². The van der Waals surface area contributed by atoms with E-state index in [-0.39, 0.29) is 27.8 Å². The summed E-state index contributed by atoms with van der Waals surface area (Å²) in [5.41, 5.74) is -0.0928. The Kier molecular flexibility index (Phi) is 4.81. The Balaban J connectivity index is 2.88. The predicted octanol–water partition coefficient (Wildman–Crippen LogP) is 2.29. The van der Waals surface area contributed by atoms with Gasteiger partial charge < -0.3 is 15.5 Å². The van der Waals surface area contributed by atoms with Crippen molar-refractivity contribution < 1.29 is 19.8 Å². The van der Waals surface area contributed by atoms with Gasteiger partial charge in [-0.25, -0.2) is 0 Å². The van der Waals surface area contributed by atoms with Crippen molar-refractivity contribution in [1.29, 1.82) is 0 Å². The summed E-state index contributed by atoms with van der Waals surface area (Å²) in [5, 5.41) is 20.8. The molecule has 1 rings (SSSR count). The molecule has 98 valence electrons. The molecule has 1 atom stereocenters. The van der Waals surface area contributed by atoms with Gasteiger partial charge in [0.15, 0.2) is 0 Å². The molecule has 0 fully saturated rings. The first-order chi connectivity index (χ1) is 8.31. The highest BCUT2D eigenvalue weighted by molar-refractivity contribution is 6.36. The summed E-state index contributed by atoms with van der Waals surface area (Å²) in [6.07, 6.45) is -0.221. The van der Waals surface area contributed by atoms with Crippen LogP contribution in [0.4, 0.5) is 0 Å². The number of phenolic OH excluding ortho intramolecular Hbond substituents is 1. The maximum absolute atomic E-state index is 11.8. The van der Waals surface area contributed by atoms with Crippen molar-refractivity contribution in [2.24, 2.45) is 0 Å². The van der Waals surface area contributed by atoms with E-state index in [4.69, 9.17) is 28.3 Å². The maximum Gasteiger partial charge on any atom is 0.305 e. The number of rotatable bonds is 4. The van der Waals surface area contributed by atoms with E-state index in [1.807, 2.05) is 0 Å². The Labute approximate surface area is 113 Å². The number of halogens is 2. The number of carboxylic acid groups (broad SMARTS) is 1. The molecular weight excluding hydrogens is 281 g/mol. The lowest BCUT2D eigenvalue weighted by atomic mass is 10.1. The van der Waals surface area contributed by atoms with Gasteiger partial charge in [-0.1, -0.05) is 23.2 Å². The van der Waals surface area contributed by atoms with E-state index in [2.05, 4.69) is 5.32 Å². The number of aromatic hydroxyl groups is 1. The van der Waals surface area contributed by atoms with E-state index in [9.17, 15) is 14.7 Å². The molecule has 0 aliphatic rings. The van der Waals surface area contributed by atoms with Crippen LogP contribution in [0.15, 0.2) is 12.1 Å². The third-order valence-corrected chi connectivity index (χ3v) is 2.64. The summed E-state index contributed by atoms with van der Waals surface area (Å²) in [4.78, 5) is 22.2. The molecule has 0 heterocycles. The minimum atomic E-state index is -1.03. The first kappa shape index (κ1) is 14.6. The number of hydrogen-bond acceptors (Lipinski definition) is 3. The van der Waals surface area contributed by atoms with Gasteiger partial charge in [0, 0.05) is 11.1 Å². The van der Waals surface area contributed by atoms with Gasteiger partial charge >= 0.3 is 5.97 Å². The highest BCUT2D eigenvalue weighted by Crippen LogP contribution is 2.31. The van der Waals surface area contributed by atoms with Crippen LogP contribution in [0.5, 0.6) is 5.75 Å². The smallest absolute Gasteiger partial charge is 0.305 e. The minimum absolute atomic E-state index is 0.0430. The topological polar surface area (TPSA) is 86.6 Å². The standard InChI is InChI=1S/C11H11Cl2NO4/c1-5(2-9(15)16)14-11(18)7-3-6(12)4-8(13)10(7)17/h3-5,17H,2H2,1H3,(H,14,18)(H,15,16). The number of benzene rings is 1. The maximum atomic E-state index is 11.8. The fraction of sp³-hybridized carbons (Fsp3) is 0.273. The third kappa shape index (κ3) is 3.78. The summed E-state index contributed by atoms with van der Waals surface area (Å²) in [7, 11) is 0. The highest BCUT2D eigenvalue weighted by atomic mass is 35.5. The first-order valence-corrected chi connectivity index (χ1v) is 5.77. The van der Waals surface area contributed by atoms with Crippen LogP contribution in [0.2, 0.25) is 10.0 Å². The van der Waals surface area contributed by atoms with Crippen LogP contribution in [0, 0.1) is 0 Å².